The molecule has 178 valence electrons. The zero-order valence-electron chi connectivity index (χ0n) is 19.6. The van der Waals surface area contributed by atoms with Crippen LogP contribution in [0.1, 0.15) is 23.9 Å². The number of nitrogens with one attached hydrogen (secondary N) is 1. The number of hydrogen-bond donors (Lipinski definition) is 1. The lowest BCUT2D eigenvalue weighted by Gasteiger charge is -2.26. The van der Waals surface area contributed by atoms with Gasteiger partial charge in [0.1, 0.15) is 11.6 Å². The van der Waals surface area contributed by atoms with Crippen molar-refractivity contribution in [2.45, 2.75) is 20.0 Å². The van der Waals surface area contributed by atoms with Gasteiger partial charge in [0.05, 0.1) is 39.1 Å². The quantitative estimate of drug-likeness (QED) is 0.389. The van der Waals surface area contributed by atoms with Gasteiger partial charge in [-0.2, -0.15) is 9.78 Å². The van der Waals surface area contributed by atoms with Crippen LogP contribution in [0, 0.1) is 0 Å². The minimum absolute atomic E-state index is 0.177. The highest BCUT2D eigenvalue weighted by Crippen LogP contribution is 2.17. The smallest absolute Gasteiger partial charge is 0.351 e. The Hall–Kier alpha value is -3.69. The Labute approximate surface area is 198 Å². The van der Waals surface area contributed by atoms with Crippen LogP contribution in [-0.2, 0) is 17.8 Å². The van der Waals surface area contributed by atoms with Gasteiger partial charge in [0.2, 0.25) is 0 Å². The van der Waals surface area contributed by atoms with Crippen molar-refractivity contribution in [1.82, 2.24) is 24.7 Å². The van der Waals surface area contributed by atoms with Crippen LogP contribution in [0.2, 0.25) is 0 Å². The van der Waals surface area contributed by atoms with E-state index in [0.29, 0.717) is 32.0 Å². The van der Waals surface area contributed by atoms with Gasteiger partial charge in [-0.3, -0.25) is 14.9 Å². The molecule has 1 aliphatic heterocycles. The van der Waals surface area contributed by atoms with Crippen LogP contribution in [0.25, 0.3) is 11.3 Å². The highest BCUT2D eigenvalue weighted by molar-refractivity contribution is 5.64. The number of allylic oxidation sites excluding steroid dienone is 1. The van der Waals surface area contributed by atoms with E-state index in [2.05, 4.69) is 22.1 Å². The Morgan fingerprint density at radius 3 is 2.68 bits per heavy atom. The van der Waals surface area contributed by atoms with Crippen molar-refractivity contribution in [3.05, 3.63) is 82.2 Å². The lowest BCUT2D eigenvalue weighted by atomic mass is 10.1. The van der Waals surface area contributed by atoms with E-state index in [1.165, 1.54) is 4.68 Å². The molecule has 1 aromatic heterocycles. The third-order valence-corrected chi connectivity index (χ3v) is 5.82. The van der Waals surface area contributed by atoms with Gasteiger partial charge in [-0.25, -0.2) is 4.79 Å². The van der Waals surface area contributed by atoms with Crippen molar-refractivity contribution >= 4 is 12.3 Å². The number of methoxy groups -OCH3 is 1. The van der Waals surface area contributed by atoms with Crippen LogP contribution < -0.4 is 15.9 Å². The first-order valence-electron chi connectivity index (χ1n) is 11.2. The van der Waals surface area contributed by atoms with E-state index in [-0.39, 0.29) is 5.69 Å². The first kappa shape index (κ1) is 23.5. The lowest BCUT2D eigenvalue weighted by Crippen LogP contribution is -2.37. The number of aromatic nitrogens is 3. The summed E-state index contributed by atoms with van der Waals surface area (Å²) in [5.41, 5.74) is 6.27. The monoisotopic (exact) mass is 462 g/mol. The number of ether oxygens (including phenoxy) is 2. The van der Waals surface area contributed by atoms with Gasteiger partial charge in [0.25, 0.3) is 0 Å². The maximum absolute atomic E-state index is 13.5. The Kier molecular flexibility index (Phi) is 7.56. The van der Waals surface area contributed by atoms with Gasteiger partial charge in [-0.05, 0) is 47.9 Å². The maximum Gasteiger partial charge on any atom is 0.351 e. The van der Waals surface area contributed by atoms with E-state index in [1.54, 1.807) is 17.9 Å². The molecule has 1 fully saturated rings. The van der Waals surface area contributed by atoms with Crippen molar-refractivity contribution in [2.75, 3.05) is 33.4 Å². The molecular weight excluding hydrogens is 432 g/mol. The van der Waals surface area contributed by atoms with Crippen LogP contribution in [-0.4, -0.2) is 59.4 Å². The molecule has 1 aliphatic rings. The fraction of sp³-hybridized carbons (Fsp3) is 0.320. The van der Waals surface area contributed by atoms with Crippen LogP contribution in [0.3, 0.4) is 0 Å². The van der Waals surface area contributed by atoms with Crippen molar-refractivity contribution in [3.63, 3.8) is 0 Å². The zero-order chi connectivity index (χ0) is 23.9. The molecule has 0 atom stereocenters. The molecule has 9 nitrogen and oxygen atoms in total. The first-order chi connectivity index (χ1) is 16.6. The molecule has 0 spiro atoms. The molecule has 0 amide bonds. The lowest BCUT2D eigenvalue weighted by molar-refractivity contribution is 0.0325. The molecule has 4 rings (SSSR count). The van der Waals surface area contributed by atoms with E-state index >= 15 is 0 Å². The summed E-state index contributed by atoms with van der Waals surface area (Å²) in [5, 5.41) is 8.37. The molecule has 3 aromatic rings. The largest absolute Gasteiger partial charge is 0.497 e. The first-order valence-corrected chi connectivity index (χ1v) is 11.2. The number of nitrogens with zero attached hydrogens (tertiary/aromatic N) is 5. The van der Waals surface area contributed by atoms with Gasteiger partial charge in [-0.1, -0.05) is 24.3 Å². The molecule has 1 N–H and O–H groups in total. The van der Waals surface area contributed by atoms with E-state index in [1.807, 2.05) is 55.5 Å². The molecule has 34 heavy (non-hydrogen) atoms. The average molecular weight is 463 g/mol. The normalized spacial score (nSPS) is 14.7. The summed E-state index contributed by atoms with van der Waals surface area (Å²) in [5.74, 6) is 1.48. The Morgan fingerprint density at radius 2 is 1.97 bits per heavy atom. The second-order valence-electron chi connectivity index (χ2n) is 8.10. The summed E-state index contributed by atoms with van der Waals surface area (Å²) in [4.78, 5) is 15.8. The van der Waals surface area contributed by atoms with Crippen molar-refractivity contribution < 1.29 is 9.47 Å². The fourth-order valence-electron chi connectivity index (χ4n) is 3.88. The average Bonchev–Trinajstić information content (AvgIpc) is 3.18. The molecule has 2 aromatic carbocycles. The molecule has 0 unspecified atom stereocenters. The molecule has 0 saturated carbocycles. The minimum Gasteiger partial charge on any atom is -0.497 e. The summed E-state index contributed by atoms with van der Waals surface area (Å²) in [6.07, 6.45) is 1.78. The minimum atomic E-state index is -0.177. The maximum atomic E-state index is 13.5. The SMILES string of the molecule is C=NN/C=C(\C)c1ccc(-n2nc(CN3CCOCC3)n(Cc3cccc(OC)c3)c2=O)cc1. The summed E-state index contributed by atoms with van der Waals surface area (Å²) in [7, 11) is 1.64. The topological polar surface area (TPSA) is 85.9 Å². The van der Waals surface area contributed by atoms with Crippen molar-refractivity contribution in [3.8, 4) is 11.4 Å². The summed E-state index contributed by atoms with van der Waals surface area (Å²) in [6, 6.07) is 15.5. The van der Waals surface area contributed by atoms with Crippen molar-refractivity contribution in [2.24, 2.45) is 5.10 Å². The predicted molar refractivity (Wildman–Crippen MR) is 132 cm³/mol. The van der Waals surface area contributed by atoms with Gasteiger partial charge >= 0.3 is 5.69 Å². The summed E-state index contributed by atoms with van der Waals surface area (Å²) >= 11 is 0. The van der Waals surface area contributed by atoms with E-state index in [0.717, 1.165) is 41.4 Å². The van der Waals surface area contributed by atoms with E-state index < -0.39 is 0 Å². The number of hydrogen-bond acceptors (Lipinski definition) is 7. The van der Waals surface area contributed by atoms with E-state index in [4.69, 9.17) is 14.6 Å². The van der Waals surface area contributed by atoms with Crippen molar-refractivity contribution in [1.29, 1.82) is 0 Å². The van der Waals surface area contributed by atoms with Crippen LogP contribution in [0.5, 0.6) is 5.75 Å². The Balaban J connectivity index is 1.68. The van der Waals surface area contributed by atoms with Gasteiger partial charge in [0, 0.05) is 26.0 Å². The Morgan fingerprint density at radius 1 is 1.21 bits per heavy atom. The molecule has 0 radical (unpaired) electrons. The van der Waals surface area contributed by atoms with Crippen LogP contribution >= 0.6 is 0 Å². The summed E-state index contributed by atoms with van der Waals surface area (Å²) in [6.45, 7) is 9.38. The number of rotatable bonds is 9. The second-order valence-corrected chi connectivity index (χ2v) is 8.10. The molecule has 9 heteroatoms. The molecular formula is C25H30N6O3. The fourth-order valence-corrected chi connectivity index (χ4v) is 3.88. The highest BCUT2D eigenvalue weighted by Gasteiger charge is 2.19. The van der Waals surface area contributed by atoms with Gasteiger partial charge < -0.3 is 9.47 Å². The standard InChI is InChI=1S/C25H30N6O3/c1-19(16-27-26-2)21-7-9-22(10-8-21)31-25(32)30(17-20-5-4-6-23(15-20)33-3)24(28-31)18-29-11-13-34-14-12-29/h4-10,15-16,27H,2,11-14,17-18H2,1,3H3/b19-16+. The third kappa shape index (κ3) is 5.44. The van der Waals surface area contributed by atoms with Crippen LogP contribution in [0.4, 0.5) is 0 Å². The zero-order valence-corrected chi connectivity index (χ0v) is 19.6. The van der Waals surface area contributed by atoms with E-state index in [9.17, 15) is 4.79 Å². The number of hydrazone groups is 1. The predicted octanol–water partition coefficient (Wildman–Crippen LogP) is 2.49. The second kappa shape index (κ2) is 11.0. The molecule has 2 heterocycles. The van der Waals surface area contributed by atoms with Gasteiger partial charge in [-0.15, -0.1) is 5.10 Å². The highest BCUT2D eigenvalue weighted by atomic mass is 16.5. The third-order valence-electron chi connectivity index (χ3n) is 5.82. The number of morpholine rings is 1. The number of benzene rings is 2. The van der Waals surface area contributed by atoms with Crippen LogP contribution in [0.15, 0.2) is 64.6 Å². The van der Waals surface area contributed by atoms with Gasteiger partial charge in [0.15, 0.2) is 0 Å². The molecule has 0 bridgehead atoms. The molecule has 0 aliphatic carbocycles. The Bertz CT molecular complexity index is 1210. The summed E-state index contributed by atoms with van der Waals surface area (Å²) < 4.78 is 14.0. The molecule has 1 saturated heterocycles.